The first-order valence-corrected chi connectivity index (χ1v) is 6.25. The Morgan fingerprint density at radius 2 is 1.89 bits per heavy atom. The number of halogens is 2. The van der Waals surface area contributed by atoms with E-state index >= 15 is 0 Å². The van der Waals surface area contributed by atoms with Gasteiger partial charge >= 0.3 is 0 Å². The molecule has 0 heterocycles. The zero-order valence-electron chi connectivity index (χ0n) is 10.1. The maximum absolute atomic E-state index is 13.5. The standard InChI is InChI=1S/C15H11ClFNO/c16-10-13-14(17)2-1-3-15(13)19-12-6-4-11(5-7-12)8-9-18/h1-7H,8,10H2. The van der Waals surface area contributed by atoms with E-state index in [1.807, 2.05) is 0 Å². The molecule has 0 radical (unpaired) electrons. The molecule has 0 spiro atoms. The second kappa shape index (κ2) is 6.21. The molecule has 0 aromatic heterocycles. The molecule has 2 rings (SSSR count). The molecule has 0 bridgehead atoms. The van der Waals surface area contributed by atoms with Crippen LogP contribution in [0.25, 0.3) is 0 Å². The number of benzene rings is 2. The minimum Gasteiger partial charge on any atom is -0.457 e. The fourth-order valence-corrected chi connectivity index (χ4v) is 1.92. The lowest BCUT2D eigenvalue weighted by Crippen LogP contribution is -1.93. The fourth-order valence-electron chi connectivity index (χ4n) is 1.66. The van der Waals surface area contributed by atoms with Gasteiger partial charge in [-0.3, -0.25) is 0 Å². The molecule has 19 heavy (non-hydrogen) atoms. The van der Waals surface area contributed by atoms with Crippen molar-refractivity contribution in [2.45, 2.75) is 12.3 Å². The predicted octanol–water partition coefficient (Wildman–Crippen LogP) is 4.42. The van der Waals surface area contributed by atoms with Crippen LogP contribution < -0.4 is 4.74 Å². The molecule has 0 saturated heterocycles. The van der Waals surface area contributed by atoms with Gasteiger partial charge in [0.05, 0.1) is 18.4 Å². The highest BCUT2D eigenvalue weighted by atomic mass is 35.5. The quantitative estimate of drug-likeness (QED) is 0.774. The summed E-state index contributed by atoms with van der Waals surface area (Å²) in [5.41, 5.74) is 1.25. The molecule has 2 nitrogen and oxygen atoms in total. The molecule has 0 atom stereocenters. The van der Waals surface area contributed by atoms with Crippen LogP contribution >= 0.6 is 11.6 Å². The first kappa shape index (κ1) is 13.4. The van der Waals surface area contributed by atoms with E-state index in [1.165, 1.54) is 6.07 Å². The van der Waals surface area contributed by atoms with E-state index in [4.69, 9.17) is 21.6 Å². The van der Waals surface area contributed by atoms with Gasteiger partial charge < -0.3 is 4.74 Å². The zero-order valence-corrected chi connectivity index (χ0v) is 10.8. The molecule has 2 aromatic carbocycles. The topological polar surface area (TPSA) is 33.0 Å². The summed E-state index contributed by atoms with van der Waals surface area (Å²) in [6.07, 6.45) is 0.354. The molecule has 0 aliphatic rings. The third-order valence-electron chi connectivity index (χ3n) is 2.64. The lowest BCUT2D eigenvalue weighted by atomic mass is 10.1. The Bertz CT molecular complexity index is 605. The first-order valence-electron chi connectivity index (χ1n) is 5.71. The van der Waals surface area contributed by atoms with E-state index in [2.05, 4.69) is 6.07 Å². The van der Waals surface area contributed by atoms with E-state index in [0.717, 1.165) is 5.56 Å². The zero-order chi connectivity index (χ0) is 13.7. The first-order chi connectivity index (χ1) is 9.24. The Hall–Kier alpha value is -2.05. The van der Waals surface area contributed by atoms with E-state index in [9.17, 15) is 4.39 Å². The molecular formula is C15H11ClFNO. The number of hydrogen-bond donors (Lipinski definition) is 0. The highest BCUT2D eigenvalue weighted by Gasteiger charge is 2.09. The van der Waals surface area contributed by atoms with Crippen LogP contribution in [0.15, 0.2) is 42.5 Å². The number of hydrogen-bond acceptors (Lipinski definition) is 2. The van der Waals surface area contributed by atoms with Crippen LogP contribution in [0.5, 0.6) is 11.5 Å². The second-order valence-electron chi connectivity index (χ2n) is 3.93. The van der Waals surface area contributed by atoms with E-state index < -0.39 is 0 Å². The Morgan fingerprint density at radius 1 is 1.16 bits per heavy atom. The average molecular weight is 276 g/mol. The van der Waals surface area contributed by atoms with Crippen LogP contribution in [0.2, 0.25) is 0 Å². The largest absolute Gasteiger partial charge is 0.457 e. The summed E-state index contributed by atoms with van der Waals surface area (Å²) < 4.78 is 19.1. The maximum atomic E-state index is 13.5. The van der Waals surface area contributed by atoms with Crippen molar-refractivity contribution in [2.24, 2.45) is 0 Å². The molecule has 0 unspecified atom stereocenters. The van der Waals surface area contributed by atoms with Crippen molar-refractivity contribution in [1.82, 2.24) is 0 Å². The van der Waals surface area contributed by atoms with Crippen LogP contribution in [-0.2, 0) is 12.3 Å². The lowest BCUT2D eigenvalue weighted by molar-refractivity contribution is 0.470. The Kier molecular flexibility index (Phi) is 4.38. The van der Waals surface area contributed by atoms with Crippen molar-refractivity contribution in [3.63, 3.8) is 0 Å². The highest BCUT2D eigenvalue weighted by Crippen LogP contribution is 2.28. The summed E-state index contributed by atoms with van der Waals surface area (Å²) in [6.45, 7) is 0. The summed E-state index contributed by atoms with van der Waals surface area (Å²) in [6, 6.07) is 13.8. The Labute approximate surface area is 116 Å². The van der Waals surface area contributed by atoms with Crippen molar-refractivity contribution in [3.05, 3.63) is 59.4 Å². The molecule has 2 aromatic rings. The minimum absolute atomic E-state index is 0.0501. The lowest BCUT2D eigenvalue weighted by Gasteiger charge is -2.10. The third-order valence-corrected chi connectivity index (χ3v) is 2.91. The number of ether oxygens (including phenoxy) is 1. The number of rotatable bonds is 4. The van der Waals surface area contributed by atoms with Crippen molar-refractivity contribution < 1.29 is 9.13 Å². The van der Waals surface area contributed by atoms with Gasteiger partial charge in [-0.05, 0) is 29.8 Å². The summed E-state index contributed by atoms with van der Waals surface area (Å²) in [5, 5.41) is 8.59. The van der Waals surface area contributed by atoms with Gasteiger partial charge in [-0.2, -0.15) is 5.26 Å². The highest BCUT2D eigenvalue weighted by molar-refractivity contribution is 6.17. The van der Waals surface area contributed by atoms with Gasteiger partial charge in [-0.1, -0.05) is 18.2 Å². The SMILES string of the molecule is N#CCc1ccc(Oc2cccc(F)c2CCl)cc1. The van der Waals surface area contributed by atoms with Gasteiger partial charge in [0.15, 0.2) is 0 Å². The van der Waals surface area contributed by atoms with Gasteiger partial charge in [0.2, 0.25) is 0 Å². The van der Waals surface area contributed by atoms with Gasteiger partial charge in [0.25, 0.3) is 0 Å². The number of nitrogens with zero attached hydrogens (tertiary/aromatic N) is 1. The van der Waals surface area contributed by atoms with E-state index in [0.29, 0.717) is 23.5 Å². The van der Waals surface area contributed by atoms with Crippen molar-refractivity contribution in [1.29, 1.82) is 5.26 Å². The van der Waals surface area contributed by atoms with Crippen LogP contribution in [0.3, 0.4) is 0 Å². The van der Waals surface area contributed by atoms with Crippen LogP contribution in [-0.4, -0.2) is 0 Å². The van der Waals surface area contributed by atoms with Crippen molar-refractivity contribution in [2.75, 3.05) is 0 Å². The number of alkyl halides is 1. The Balaban J connectivity index is 2.22. The maximum Gasteiger partial charge on any atom is 0.134 e. The van der Waals surface area contributed by atoms with Gasteiger partial charge in [0, 0.05) is 5.56 Å². The molecule has 0 amide bonds. The molecule has 96 valence electrons. The second-order valence-corrected chi connectivity index (χ2v) is 4.20. The Morgan fingerprint density at radius 3 is 2.53 bits per heavy atom. The minimum atomic E-state index is -0.381. The molecular weight excluding hydrogens is 265 g/mol. The molecule has 0 aliphatic heterocycles. The van der Waals surface area contributed by atoms with Crippen molar-refractivity contribution in [3.8, 4) is 17.6 Å². The van der Waals surface area contributed by atoms with E-state index in [-0.39, 0.29) is 11.7 Å². The smallest absolute Gasteiger partial charge is 0.134 e. The van der Waals surface area contributed by atoms with Gasteiger partial charge in [0.1, 0.15) is 17.3 Å². The van der Waals surface area contributed by atoms with Gasteiger partial charge in [-0.15, -0.1) is 11.6 Å². The van der Waals surface area contributed by atoms with Crippen LogP contribution in [0.4, 0.5) is 4.39 Å². The fraction of sp³-hybridized carbons (Fsp3) is 0.133. The van der Waals surface area contributed by atoms with Crippen LogP contribution in [0, 0.1) is 17.1 Å². The monoisotopic (exact) mass is 275 g/mol. The third kappa shape index (κ3) is 3.24. The molecule has 0 aliphatic carbocycles. The number of nitriles is 1. The average Bonchev–Trinajstić information content (AvgIpc) is 2.42. The van der Waals surface area contributed by atoms with Crippen LogP contribution in [0.1, 0.15) is 11.1 Å². The van der Waals surface area contributed by atoms with Crippen molar-refractivity contribution >= 4 is 11.6 Å². The normalized spacial score (nSPS) is 9.95. The summed E-state index contributed by atoms with van der Waals surface area (Å²) in [4.78, 5) is 0. The summed E-state index contributed by atoms with van der Waals surface area (Å²) in [7, 11) is 0. The molecule has 4 heteroatoms. The molecule has 0 saturated carbocycles. The summed E-state index contributed by atoms with van der Waals surface area (Å²) in [5.74, 6) is 0.657. The molecule has 0 N–H and O–H groups in total. The molecule has 0 fully saturated rings. The predicted molar refractivity (Wildman–Crippen MR) is 71.8 cm³/mol. The summed E-state index contributed by atoms with van der Waals surface area (Å²) >= 11 is 5.71. The van der Waals surface area contributed by atoms with Gasteiger partial charge in [-0.25, -0.2) is 4.39 Å². The van der Waals surface area contributed by atoms with E-state index in [1.54, 1.807) is 36.4 Å².